The Labute approximate surface area is 261 Å². The van der Waals surface area contributed by atoms with Crippen molar-refractivity contribution in [1.82, 2.24) is 0 Å². The van der Waals surface area contributed by atoms with Gasteiger partial charge >= 0.3 is 0 Å². The van der Waals surface area contributed by atoms with E-state index < -0.39 is 36.3 Å². The summed E-state index contributed by atoms with van der Waals surface area (Å²) < 4.78 is 26.2. The number of nitrogens with zero attached hydrogens (tertiary/aromatic N) is 1. The van der Waals surface area contributed by atoms with Crippen molar-refractivity contribution in [2.75, 3.05) is 25.4 Å². The van der Waals surface area contributed by atoms with Gasteiger partial charge in [0.1, 0.15) is 42.0 Å². The fraction of sp³-hybridized carbons (Fsp3) is 0.455. The second-order valence-electron chi connectivity index (χ2n) is 11.5. The van der Waals surface area contributed by atoms with Crippen molar-refractivity contribution in [1.29, 1.82) is 0 Å². The van der Waals surface area contributed by atoms with Crippen LogP contribution in [0.2, 0.25) is 5.02 Å². The third-order valence-corrected chi connectivity index (χ3v) is 10.1. The van der Waals surface area contributed by atoms with Gasteiger partial charge in [-0.05, 0) is 67.3 Å². The number of ether oxygens (including phenoxy) is 2. The molecule has 0 bridgehead atoms. The standard InChI is InChI=1S/C33H39ClFNO6S/c1-3-41-25-10-6-21(7-11-25)16-24-17-23(8-12-26(24)34)33-32(39)31(38)30(37)28(42-33)19-43-29-18-22(9-13-27(29)35)20(2)36(40)14-4-5-15-36/h6-13,17-18,20,28,30-33,37-39H,3-5,14-16,19H2,1-2H3/t20?,28-,30-,31+,32-,33+/m1/s1. The molecule has 7 nitrogen and oxygen atoms in total. The van der Waals surface area contributed by atoms with Crippen LogP contribution in [0, 0.1) is 11.0 Å². The molecule has 2 saturated heterocycles. The minimum Gasteiger partial charge on any atom is -0.632 e. The lowest BCUT2D eigenvalue weighted by Crippen LogP contribution is -2.54. The molecular weight excluding hydrogens is 593 g/mol. The van der Waals surface area contributed by atoms with Crippen LogP contribution in [0.5, 0.6) is 5.75 Å². The highest BCUT2D eigenvalue weighted by Gasteiger charge is 2.44. The minimum absolute atomic E-state index is 0.125. The van der Waals surface area contributed by atoms with Gasteiger partial charge in [-0.1, -0.05) is 41.9 Å². The Hall–Kier alpha value is -2.21. The first kappa shape index (κ1) is 32.2. The van der Waals surface area contributed by atoms with E-state index in [1.807, 2.05) is 44.2 Å². The quantitative estimate of drug-likeness (QED) is 0.144. The summed E-state index contributed by atoms with van der Waals surface area (Å²) in [5, 5.41) is 46.2. The number of hydroxylamine groups is 3. The van der Waals surface area contributed by atoms with Crippen molar-refractivity contribution in [3.8, 4) is 5.75 Å². The smallest absolute Gasteiger partial charge is 0.136 e. The van der Waals surface area contributed by atoms with Gasteiger partial charge in [0.15, 0.2) is 0 Å². The Morgan fingerprint density at radius 1 is 1.02 bits per heavy atom. The highest BCUT2D eigenvalue weighted by atomic mass is 35.5. The molecule has 0 radical (unpaired) electrons. The molecule has 3 aromatic rings. The summed E-state index contributed by atoms with van der Waals surface area (Å²) in [4.78, 5) is 0.340. The Morgan fingerprint density at radius 2 is 1.74 bits per heavy atom. The van der Waals surface area contributed by atoms with E-state index in [4.69, 9.17) is 21.1 Å². The zero-order valence-electron chi connectivity index (χ0n) is 24.4. The third kappa shape index (κ3) is 7.21. The number of hydrogen-bond donors (Lipinski definition) is 3. The van der Waals surface area contributed by atoms with E-state index in [1.54, 1.807) is 24.3 Å². The number of thioether (sulfide) groups is 1. The Kier molecular flexibility index (Phi) is 10.4. The zero-order valence-corrected chi connectivity index (χ0v) is 25.9. The second-order valence-corrected chi connectivity index (χ2v) is 12.9. The number of rotatable bonds is 10. The molecule has 1 unspecified atom stereocenters. The summed E-state index contributed by atoms with van der Waals surface area (Å²) in [6, 6.07) is 17.4. The molecule has 3 aromatic carbocycles. The summed E-state index contributed by atoms with van der Waals surface area (Å²) in [5.41, 5.74) is 3.21. The summed E-state index contributed by atoms with van der Waals surface area (Å²) in [6.07, 6.45) is -3.74. The lowest BCUT2D eigenvalue weighted by Gasteiger charge is -2.44. The molecule has 2 heterocycles. The van der Waals surface area contributed by atoms with Crippen molar-refractivity contribution in [3.63, 3.8) is 0 Å². The van der Waals surface area contributed by atoms with E-state index in [0.29, 0.717) is 41.6 Å². The molecule has 0 spiro atoms. The van der Waals surface area contributed by atoms with Crippen LogP contribution in [0.15, 0.2) is 65.6 Å². The van der Waals surface area contributed by atoms with E-state index in [9.17, 15) is 24.9 Å². The van der Waals surface area contributed by atoms with Crippen molar-refractivity contribution >= 4 is 23.4 Å². The van der Waals surface area contributed by atoms with Gasteiger partial charge in [-0.2, -0.15) is 0 Å². The Balaban J connectivity index is 1.31. The SMILES string of the molecule is CCOc1ccc(Cc2cc([C@@H]3O[C@H](CSc4cc(C(C)[N+]5([O-])CCCC5)ccc4F)[C@@H](O)[C@H](O)[C@H]3O)ccc2Cl)cc1. The van der Waals surface area contributed by atoms with Crippen LogP contribution >= 0.6 is 23.4 Å². The summed E-state index contributed by atoms with van der Waals surface area (Å²) in [7, 11) is 0. The predicted octanol–water partition coefficient (Wildman–Crippen LogP) is 5.95. The monoisotopic (exact) mass is 631 g/mol. The lowest BCUT2D eigenvalue weighted by atomic mass is 9.90. The molecule has 0 aromatic heterocycles. The first-order valence-corrected chi connectivity index (χ1v) is 16.2. The molecule has 10 heteroatoms. The summed E-state index contributed by atoms with van der Waals surface area (Å²) in [6.45, 7) is 5.50. The van der Waals surface area contributed by atoms with Crippen molar-refractivity contribution in [3.05, 3.63) is 99.0 Å². The number of quaternary nitrogens is 1. The maximum atomic E-state index is 14.8. The van der Waals surface area contributed by atoms with Crippen LogP contribution < -0.4 is 4.74 Å². The van der Waals surface area contributed by atoms with E-state index in [-0.39, 0.29) is 16.4 Å². The second kappa shape index (κ2) is 13.8. The fourth-order valence-corrected chi connectivity index (χ4v) is 7.18. The Bertz CT molecular complexity index is 1390. The topological polar surface area (TPSA) is 102 Å². The fourth-order valence-electron chi connectivity index (χ4n) is 5.95. The highest BCUT2D eigenvalue weighted by Crippen LogP contribution is 2.38. The average Bonchev–Trinajstić information content (AvgIpc) is 3.46. The molecule has 2 aliphatic heterocycles. The van der Waals surface area contributed by atoms with E-state index in [2.05, 4.69) is 0 Å². The predicted molar refractivity (Wildman–Crippen MR) is 166 cm³/mol. The molecule has 2 fully saturated rings. The molecule has 43 heavy (non-hydrogen) atoms. The summed E-state index contributed by atoms with van der Waals surface area (Å²) in [5.74, 6) is 0.476. The van der Waals surface area contributed by atoms with Crippen LogP contribution in [-0.2, 0) is 11.2 Å². The highest BCUT2D eigenvalue weighted by molar-refractivity contribution is 7.99. The molecular formula is C33H39ClFNO6S. The van der Waals surface area contributed by atoms with E-state index >= 15 is 0 Å². The van der Waals surface area contributed by atoms with Gasteiger partial charge in [-0.25, -0.2) is 4.39 Å². The molecule has 0 saturated carbocycles. The van der Waals surface area contributed by atoms with E-state index in [1.165, 1.54) is 6.07 Å². The van der Waals surface area contributed by atoms with Crippen LogP contribution in [0.25, 0.3) is 0 Å². The number of benzene rings is 3. The van der Waals surface area contributed by atoms with Crippen LogP contribution in [-0.4, -0.2) is 69.8 Å². The number of hydrogen-bond acceptors (Lipinski definition) is 7. The largest absolute Gasteiger partial charge is 0.632 e. The van der Waals surface area contributed by atoms with Crippen molar-refractivity contribution in [2.45, 2.75) is 74.6 Å². The molecule has 3 N–H and O–H groups in total. The van der Waals surface area contributed by atoms with Gasteiger partial charge in [0.2, 0.25) is 0 Å². The molecule has 0 amide bonds. The molecule has 0 aliphatic carbocycles. The molecule has 2 aliphatic rings. The minimum atomic E-state index is -1.47. The maximum absolute atomic E-state index is 14.8. The average molecular weight is 632 g/mol. The first-order valence-electron chi connectivity index (χ1n) is 14.8. The number of aliphatic hydroxyl groups excluding tert-OH is 3. The third-order valence-electron chi connectivity index (χ3n) is 8.61. The van der Waals surface area contributed by atoms with Gasteiger partial charge in [0.25, 0.3) is 0 Å². The number of halogens is 2. The van der Waals surface area contributed by atoms with Gasteiger partial charge in [-0.15, -0.1) is 11.8 Å². The van der Waals surface area contributed by atoms with Gasteiger partial charge in [-0.3, -0.25) is 0 Å². The number of likely N-dealkylation sites (tertiary alicyclic amines) is 1. The Morgan fingerprint density at radius 3 is 2.44 bits per heavy atom. The molecule has 6 atom stereocenters. The first-order chi connectivity index (χ1) is 20.6. The zero-order chi connectivity index (χ0) is 30.7. The normalized spacial score (nSPS) is 25.9. The van der Waals surface area contributed by atoms with Gasteiger partial charge < -0.3 is 34.6 Å². The van der Waals surface area contributed by atoms with Crippen molar-refractivity contribution in [2.24, 2.45) is 0 Å². The van der Waals surface area contributed by atoms with E-state index in [0.717, 1.165) is 47.0 Å². The number of aliphatic hydroxyl groups is 3. The van der Waals surface area contributed by atoms with Crippen LogP contribution in [0.4, 0.5) is 4.39 Å². The van der Waals surface area contributed by atoms with Gasteiger partial charge in [0.05, 0.1) is 25.8 Å². The van der Waals surface area contributed by atoms with Crippen LogP contribution in [0.3, 0.4) is 0 Å². The molecule has 5 rings (SSSR count). The molecule has 232 valence electrons. The lowest BCUT2D eigenvalue weighted by molar-refractivity contribution is -0.897. The van der Waals surface area contributed by atoms with Crippen molar-refractivity contribution < 1.29 is 33.8 Å². The van der Waals surface area contributed by atoms with Gasteiger partial charge in [0, 0.05) is 34.1 Å². The van der Waals surface area contributed by atoms with Crippen LogP contribution in [0.1, 0.15) is 61.1 Å². The summed E-state index contributed by atoms with van der Waals surface area (Å²) >= 11 is 7.67. The maximum Gasteiger partial charge on any atom is 0.136 e.